The van der Waals surface area contributed by atoms with Crippen molar-refractivity contribution >= 4 is 11.8 Å². The van der Waals surface area contributed by atoms with Crippen molar-refractivity contribution in [3.05, 3.63) is 101 Å². The van der Waals surface area contributed by atoms with Crippen LogP contribution in [0.2, 0.25) is 0 Å². The van der Waals surface area contributed by atoms with Gasteiger partial charge in [0, 0.05) is 42.2 Å². The van der Waals surface area contributed by atoms with Crippen molar-refractivity contribution in [3.8, 4) is 0 Å². The summed E-state index contributed by atoms with van der Waals surface area (Å²) in [6.07, 6.45) is -1.66. The largest absolute Gasteiger partial charge is 0.416 e. The number of benzene rings is 2. The molecule has 0 radical (unpaired) electrons. The molecule has 5 nitrogen and oxygen atoms in total. The van der Waals surface area contributed by atoms with Crippen LogP contribution in [0.3, 0.4) is 0 Å². The lowest BCUT2D eigenvalue weighted by atomic mass is 9.89. The molecule has 3 aromatic rings. The van der Waals surface area contributed by atoms with Gasteiger partial charge in [-0.25, -0.2) is 4.39 Å². The van der Waals surface area contributed by atoms with Gasteiger partial charge in [-0.2, -0.15) is 13.2 Å². The van der Waals surface area contributed by atoms with E-state index in [0.29, 0.717) is 11.1 Å². The van der Waals surface area contributed by atoms with Crippen LogP contribution in [0, 0.1) is 5.82 Å². The highest BCUT2D eigenvalue weighted by Crippen LogP contribution is 2.50. The summed E-state index contributed by atoms with van der Waals surface area (Å²) in [6, 6.07) is 11.0. The number of aromatic nitrogens is 1. The lowest BCUT2D eigenvalue weighted by molar-refractivity contribution is -0.137. The summed E-state index contributed by atoms with van der Waals surface area (Å²) in [5.74, 6) is -1.33. The van der Waals surface area contributed by atoms with Gasteiger partial charge in [-0.1, -0.05) is 12.1 Å². The van der Waals surface area contributed by atoms with E-state index in [2.05, 4.69) is 4.98 Å². The van der Waals surface area contributed by atoms with Crippen molar-refractivity contribution in [1.29, 1.82) is 0 Å². The van der Waals surface area contributed by atoms with E-state index in [4.69, 9.17) is 0 Å². The predicted molar refractivity (Wildman–Crippen MR) is 105 cm³/mol. The van der Waals surface area contributed by atoms with Crippen LogP contribution < -0.4 is 0 Å². The Morgan fingerprint density at radius 1 is 0.969 bits per heavy atom. The topological polar surface area (TPSA) is 53.5 Å². The molecule has 1 unspecified atom stereocenters. The Kier molecular flexibility index (Phi) is 4.34. The van der Waals surface area contributed by atoms with Crippen molar-refractivity contribution in [2.75, 3.05) is 13.1 Å². The second-order valence-corrected chi connectivity index (χ2v) is 7.59. The van der Waals surface area contributed by atoms with Crippen LogP contribution in [0.4, 0.5) is 17.6 Å². The third-order valence-electron chi connectivity index (χ3n) is 5.95. The number of nitrogens with zero attached hydrogens (tertiary/aromatic N) is 3. The number of pyridine rings is 1. The quantitative estimate of drug-likeness (QED) is 0.564. The zero-order chi connectivity index (χ0) is 22.7. The average molecular weight is 441 g/mol. The van der Waals surface area contributed by atoms with Gasteiger partial charge in [0.25, 0.3) is 11.8 Å². The van der Waals surface area contributed by atoms with Crippen LogP contribution in [-0.4, -0.2) is 39.7 Å². The summed E-state index contributed by atoms with van der Waals surface area (Å²) in [5, 5.41) is 0. The first-order valence-electron chi connectivity index (χ1n) is 9.76. The third-order valence-corrected chi connectivity index (χ3v) is 5.95. The molecule has 2 aliphatic heterocycles. The van der Waals surface area contributed by atoms with Crippen molar-refractivity contribution < 1.29 is 27.2 Å². The van der Waals surface area contributed by atoms with Crippen LogP contribution in [0.5, 0.6) is 0 Å². The summed E-state index contributed by atoms with van der Waals surface area (Å²) in [4.78, 5) is 33.6. The first kappa shape index (κ1) is 20.2. The summed E-state index contributed by atoms with van der Waals surface area (Å²) < 4.78 is 52.9. The fraction of sp³-hybridized carbons (Fsp3) is 0.174. The lowest BCUT2D eigenvalue weighted by Gasteiger charge is -2.40. The summed E-state index contributed by atoms with van der Waals surface area (Å²) in [7, 11) is 0. The molecule has 2 amide bonds. The van der Waals surface area contributed by atoms with Gasteiger partial charge in [0.1, 0.15) is 5.82 Å². The van der Waals surface area contributed by atoms with E-state index >= 15 is 0 Å². The molecule has 9 heteroatoms. The molecule has 32 heavy (non-hydrogen) atoms. The van der Waals surface area contributed by atoms with Gasteiger partial charge >= 0.3 is 6.18 Å². The van der Waals surface area contributed by atoms with E-state index in [1.54, 1.807) is 6.07 Å². The third kappa shape index (κ3) is 2.73. The fourth-order valence-electron chi connectivity index (χ4n) is 4.58. The Morgan fingerprint density at radius 3 is 2.31 bits per heavy atom. The van der Waals surface area contributed by atoms with Crippen molar-refractivity contribution in [2.45, 2.75) is 11.8 Å². The molecule has 162 valence electrons. The van der Waals surface area contributed by atoms with Gasteiger partial charge in [0.2, 0.25) is 0 Å². The number of fused-ring (bicyclic) bond motifs is 3. The van der Waals surface area contributed by atoms with Crippen LogP contribution in [-0.2, 0) is 11.8 Å². The molecule has 1 fully saturated rings. The Morgan fingerprint density at radius 2 is 1.66 bits per heavy atom. The van der Waals surface area contributed by atoms with E-state index in [1.807, 2.05) is 0 Å². The van der Waals surface area contributed by atoms with E-state index in [0.717, 1.165) is 24.3 Å². The molecular weight excluding hydrogens is 426 g/mol. The number of carbonyl (C=O) groups is 2. The molecule has 0 spiro atoms. The first-order chi connectivity index (χ1) is 15.2. The van der Waals surface area contributed by atoms with Gasteiger partial charge in [-0.15, -0.1) is 0 Å². The smallest absolute Gasteiger partial charge is 0.306 e. The van der Waals surface area contributed by atoms with E-state index in [-0.39, 0.29) is 30.1 Å². The van der Waals surface area contributed by atoms with Crippen LogP contribution in [0.25, 0.3) is 0 Å². The highest BCUT2D eigenvalue weighted by atomic mass is 19.4. The molecule has 0 N–H and O–H groups in total. The SMILES string of the molecule is O=C(c1ccc(F)cc1)N1CCN2C(=O)c3cnccc3C12c1ccc(C(F)(F)F)cc1. The standard InChI is InChI=1S/C23H15F4N3O2/c24-17-7-1-14(2-8-17)20(31)29-11-12-30-21(32)18-13-28-10-9-19(18)22(29,30)15-3-5-16(6-4-15)23(25,26)27/h1-10,13H,11-12H2. The zero-order valence-corrected chi connectivity index (χ0v) is 16.4. The maximum atomic E-state index is 13.5. The van der Waals surface area contributed by atoms with Gasteiger partial charge in [-0.3, -0.25) is 14.6 Å². The number of amides is 2. The molecule has 3 heterocycles. The highest BCUT2D eigenvalue weighted by molar-refractivity contribution is 6.03. The normalized spacial score (nSPS) is 19.8. The number of alkyl halides is 3. The molecule has 0 saturated carbocycles. The number of carbonyl (C=O) groups excluding carboxylic acids is 2. The van der Waals surface area contributed by atoms with Crippen LogP contribution >= 0.6 is 0 Å². The molecule has 1 saturated heterocycles. The Bertz CT molecular complexity index is 1230. The second kappa shape index (κ2) is 6.88. The minimum absolute atomic E-state index is 0.157. The molecule has 2 aliphatic rings. The van der Waals surface area contributed by atoms with Crippen LogP contribution in [0.15, 0.2) is 67.0 Å². The minimum Gasteiger partial charge on any atom is -0.306 e. The van der Waals surface area contributed by atoms with Crippen molar-refractivity contribution in [1.82, 2.24) is 14.8 Å². The van der Waals surface area contributed by atoms with E-state index in [1.165, 1.54) is 46.5 Å². The predicted octanol–water partition coefficient (Wildman–Crippen LogP) is 4.05. The monoisotopic (exact) mass is 441 g/mol. The lowest BCUT2D eigenvalue weighted by Crippen LogP contribution is -2.51. The number of halogens is 4. The molecule has 0 bridgehead atoms. The van der Waals surface area contributed by atoms with Gasteiger partial charge in [0.05, 0.1) is 11.1 Å². The molecule has 1 aromatic heterocycles. The Balaban J connectivity index is 1.71. The summed E-state index contributed by atoms with van der Waals surface area (Å²) in [5.41, 5.74) is -0.969. The van der Waals surface area contributed by atoms with Crippen molar-refractivity contribution in [2.24, 2.45) is 0 Å². The zero-order valence-electron chi connectivity index (χ0n) is 16.4. The van der Waals surface area contributed by atoms with E-state index in [9.17, 15) is 27.2 Å². The first-order valence-corrected chi connectivity index (χ1v) is 9.76. The molecule has 2 aromatic carbocycles. The Hall–Kier alpha value is -3.75. The number of hydrogen-bond acceptors (Lipinski definition) is 3. The average Bonchev–Trinajstić information content (AvgIpc) is 3.29. The van der Waals surface area contributed by atoms with Crippen molar-refractivity contribution in [3.63, 3.8) is 0 Å². The molecule has 0 aliphatic carbocycles. The summed E-state index contributed by atoms with van der Waals surface area (Å²) >= 11 is 0. The number of rotatable bonds is 2. The molecule has 1 atom stereocenters. The summed E-state index contributed by atoms with van der Waals surface area (Å²) in [6.45, 7) is 0.339. The Labute approximate surface area is 179 Å². The fourth-order valence-corrected chi connectivity index (χ4v) is 4.58. The van der Waals surface area contributed by atoms with Gasteiger partial charge in [-0.05, 0) is 42.5 Å². The van der Waals surface area contributed by atoms with Crippen LogP contribution in [0.1, 0.15) is 37.4 Å². The molecular formula is C23H15F4N3O2. The number of hydrogen-bond donors (Lipinski definition) is 0. The van der Waals surface area contributed by atoms with Gasteiger partial charge in [0.15, 0.2) is 5.66 Å². The maximum Gasteiger partial charge on any atom is 0.416 e. The highest BCUT2D eigenvalue weighted by Gasteiger charge is 2.59. The second-order valence-electron chi connectivity index (χ2n) is 7.59. The van der Waals surface area contributed by atoms with E-state index < -0.39 is 29.1 Å². The molecule has 5 rings (SSSR count). The minimum atomic E-state index is -4.53. The maximum absolute atomic E-state index is 13.5. The van der Waals surface area contributed by atoms with Gasteiger partial charge < -0.3 is 9.80 Å².